The predicted molar refractivity (Wildman–Crippen MR) is 180 cm³/mol. The Morgan fingerprint density at radius 3 is 2.20 bits per heavy atom. The number of halogens is 2. The van der Waals surface area contributed by atoms with Crippen LogP contribution in [0.4, 0.5) is 4.39 Å². The van der Waals surface area contributed by atoms with E-state index in [0.717, 1.165) is 38.9 Å². The van der Waals surface area contributed by atoms with Crippen LogP contribution in [0.1, 0.15) is 64.3 Å². The molecule has 45 heavy (non-hydrogen) atoms. The summed E-state index contributed by atoms with van der Waals surface area (Å²) in [5.41, 5.74) is 7.97. The molecule has 3 atom stereocenters. The fourth-order valence-corrected chi connectivity index (χ4v) is 8.75. The van der Waals surface area contributed by atoms with E-state index < -0.39 is 20.3 Å². The Morgan fingerprint density at radius 1 is 0.822 bits per heavy atom. The number of nitrogens with one attached hydrogen (secondary N) is 1. The van der Waals surface area contributed by atoms with Gasteiger partial charge in [-0.15, -0.1) is 0 Å². The first kappa shape index (κ1) is 31.1. The first-order valence-corrected chi connectivity index (χ1v) is 17.3. The third-order valence-electron chi connectivity index (χ3n) is 9.29. The largest absolute Gasteiger partial charge is 0.497 e. The molecule has 232 valence electrons. The van der Waals surface area contributed by atoms with Crippen LogP contribution in [0, 0.1) is 5.82 Å². The van der Waals surface area contributed by atoms with Gasteiger partial charge in [0.2, 0.25) is 0 Å². The van der Waals surface area contributed by atoms with Crippen molar-refractivity contribution in [2.24, 2.45) is 0 Å². The fraction of sp³-hybridized carbons (Fsp3) is 0.263. The van der Waals surface area contributed by atoms with Gasteiger partial charge in [0.1, 0.15) is 11.6 Å². The smallest absolute Gasteiger partial charge is 0.159 e. The number of benzene rings is 4. The van der Waals surface area contributed by atoms with Crippen LogP contribution in [0.2, 0.25) is 5.02 Å². The number of ether oxygens (including phenoxy) is 1. The molecule has 0 amide bonds. The van der Waals surface area contributed by atoms with Crippen molar-refractivity contribution in [2.75, 3.05) is 7.11 Å². The van der Waals surface area contributed by atoms with E-state index in [2.05, 4.69) is 23.2 Å². The molecule has 7 rings (SSSR count). The van der Waals surface area contributed by atoms with Crippen molar-refractivity contribution in [3.63, 3.8) is 0 Å². The average Bonchev–Trinajstić information content (AvgIpc) is 3.64. The molecule has 3 unspecified atom stereocenters. The highest BCUT2D eigenvalue weighted by molar-refractivity contribution is 7.92. The summed E-state index contributed by atoms with van der Waals surface area (Å²) in [5.74, 6) is 0.00119. The molecule has 1 N–H and O–H groups in total. The monoisotopic (exact) mass is 641 g/mol. The molecule has 0 saturated carbocycles. The molecule has 7 heteroatoms. The molecular weight excluding hydrogens is 605 g/mol. The molecule has 0 saturated heterocycles. The predicted octanol–water partition coefficient (Wildman–Crippen LogP) is 9.26. The van der Waals surface area contributed by atoms with Crippen molar-refractivity contribution >= 4 is 21.4 Å². The second kappa shape index (κ2) is 12.9. The molecule has 0 radical (unpaired) electrons. The fourth-order valence-electron chi connectivity index (χ4n) is 6.96. The van der Waals surface area contributed by atoms with Gasteiger partial charge < -0.3 is 9.72 Å². The molecule has 4 nitrogen and oxygen atoms in total. The molecule has 1 aromatic heterocycles. The van der Waals surface area contributed by atoms with Gasteiger partial charge in [-0.2, -0.15) is 0 Å². The van der Waals surface area contributed by atoms with Crippen LogP contribution in [0.5, 0.6) is 5.75 Å². The molecule has 5 aromatic rings. The summed E-state index contributed by atoms with van der Waals surface area (Å²) in [7, 11) is -1.92. The quantitative estimate of drug-likeness (QED) is 0.208. The normalized spacial score (nSPS) is 18.7. The van der Waals surface area contributed by atoms with Crippen molar-refractivity contribution in [3.8, 4) is 16.9 Å². The first-order valence-electron chi connectivity index (χ1n) is 15.3. The number of methoxy groups -OCH3 is 1. The maximum Gasteiger partial charge on any atom is 0.159 e. The number of rotatable bonds is 5. The van der Waals surface area contributed by atoms with Crippen LogP contribution in [0.3, 0.4) is 0 Å². The first-order chi connectivity index (χ1) is 21.7. The minimum atomic E-state index is -3.45. The number of aromatic amines is 1. The molecule has 0 aliphatic heterocycles. The highest BCUT2D eigenvalue weighted by atomic mass is 35.5. The Labute approximate surface area is 270 Å². The molecule has 0 fully saturated rings. The molecule has 1 heterocycles. The lowest BCUT2D eigenvalue weighted by Crippen LogP contribution is -2.30. The summed E-state index contributed by atoms with van der Waals surface area (Å²) < 4.78 is 48.5. The van der Waals surface area contributed by atoms with Crippen molar-refractivity contribution < 1.29 is 17.5 Å². The summed E-state index contributed by atoms with van der Waals surface area (Å²) in [5, 5.41) is -0.472. The van der Waals surface area contributed by atoms with Gasteiger partial charge in [-0.1, -0.05) is 66.2 Å². The minimum absolute atomic E-state index is 0.0567. The summed E-state index contributed by atoms with van der Waals surface area (Å²) in [6, 6.07) is 29.1. The van der Waals surface area contributed by atoms with E-state index in [9.17, 15) is 8.42 Å². The molecule has 0 spiro atoms. The van der Waals surface area contributed by atoms with E-state index in [-0.39, 0.29) is 17.7 Å². The van der Waals surface area contributed by atoms with E-state index in [1.54, 1.807) is 13.8 Å². The molecule has 2 aliphatic carbocycles. The van der Waals surface area contributed by atoms with Crippen LogP contribution in [0.15, 0.2) is 103 Å². The Hall–Kier alpha value is -3.87. The van der Waals surface area contributed by atoms with Crippen molar-refractivity contribution in [3.05, 3.63) is 148 Å². The van der Waals surface area contributed by atoms with Crippen LogP contribution < -0.4 is 4.74 Å². The Morgan fingerprint density at radius 2 is 1.56 bits per heavy atom. The molecule has 0 bridgehead atoms. The molecular formula is C38H37ClFNO3S. The lowest BCUT2D eigenvalue weighted by atomic mass is 9.67. The van der Waals surface area contributed by atoms with E-state index in [1.165, 1.54) is 13.2 Å². The van der Waals surface area contributed by atoms with Crippen LogP contribution in [-0.2, 0) is 29.1 Å². The van der Waals surface area contributed by atoms with Gasteiger partial charge in [-0.3, -0.25) is 0 Å². The Kier molecular flexibility index (Phi) is 8.89. The van der Waals surface area contributed by atoms with E-state index in [4.69, 9.17) is 16.3 Å². The highest BCUT2D eigenvalue weighted by Gasteiger charge is 2.41. The van der Waals surface area contributed by atoms with Crippen LogP contribution in [-0.4, -0.2) is 25.8 Å². The van der Waals surface area contributed by atoms with Crippen molar-refractivity contribution in [1.82, 2.24) is 4.98 Å². The molecule has 4 aromatic carbocycles. The van der Waals surface area contributed by atoms with Crippen molar-refractivity contribution in [1.29, 1.82) is 0 Å². The lowest BCUT2D eigenvalue weighted by Gasteiger charge is -2.39. The standard InChI is InChI=1S/C34H32ClFO3S.C4H5N/c1-20(2)40(37,38)33-17-22-6-4-5-7-26(22)28-14-10-23-16-31(27-15-13-25(39-3)18-32(27)36)29(19-30(23)34(28)33)21-8-11-24(35)12-9-21;1-2-4-5-3-1/h4-15,18,20,29,31,33H,16-17,19H2,1-3H3;1-5H. The summed E-state index contributed by atoms with van der Waals surface area (Å²) >= 11 is 6.24. The number of fused-ring (bicyclic) bond motifs is 5. The van der Waals surface area contributed by atoms with E-state index in [1.807, 2.05) is 79.1 Å². The second-order valence-corrected chi connectivity index (χ2v) is 15.2. The third kappa shape index (κ3) is 6.06. The zero-order valence-electron chi connectivity index (χ0n) is 25.6. The van der Waals surface area contributed by atoms with Gasteiger partial charge in [0.15, 0.2) is 9.84 Å². The summed E-state index contributed by atoms with van der Waals surface area (Å²) in [4.78, 5) is 2.86. The number of H-pyrrole nitrogens is 1. The maximum absolute atomic E-state index is 15.5. The van der Waals surface area contributed by atoms with Gasteiger partial charge >= 0.3 is 0 Å². The summed E-state index contributed by atoms with van der Waals surface area (Å²) in [6.07, 6.45) is 5.43. The van der Waals surface area contributed by atoms with Gasteiger partial charge in [0.25, 0.3) is 0 Å². The van der Waals surface area contributed by atoms with E-state index >= 15 is 4.39 Å². The van der Waals surface area contributed by atoms with Gasteiger partial charge in [-0.25, -0.2) is 12.8 Å². The van der Waals surface area contributed by atoms with E-state index in [0.29, 0.717) is 35.6 Å². The zero-order chi connectivity index (χ0) is 31.7. The summed E-state index contributed by atoms with van der Waals surface area (Å²) in [6.45, 7) is 3.54. The number of sulfone groups is 1. The average molecular weight is 642 g/mol. The number of hydrogen-bond acceptors (Lipinski definition) is 3. The SMILES string of the molecule is COc1ccc(C2Cc3ccc4c(c3CC2c2ccc(Cl)cc2)C(S(=O)(=O)C(C)C)Cc2ccccc2-4)c(F)c1.c1cc[nH]c1. The van der Waals surface area contributed by atoms with Crippen LogP contribution in [0.25, 0.3) is 11.1 Å². The highest BCUT2D eigenvalue weighted by Crippen LogP contribution is 2.51. The molecule has 2 aliphatic rings. The lowest BCUT2D eigenvalue weighted by molar-refractivity contribution is 0.408. The number of aromatic nitrogens is 1. The maximum atomic E-state index is 15.5. The zero-order valence-corrected chi connectivity index (χ0v) is 27.2. The number of hydrogen-bond donors (Lipinski definition) is 1. The Balaban J connectivity index is 0.000000652. The van der Waals surface area contributed by atoms with Crippen LogP contribution >= 0.6 is 11.6 Å². The van der Waals surface area contributed by atoms with Gasteiger partial charge in [0.05, 0.1) is 17.6 Å². The topological polar surface area (TPSA) is 59.2 Å². The third-order valence-corrected chi connectivity index (χ3v) is 12.1. The second-order valence-electron chi connectivity index (χ2n) is 12.1. The Bertz CT molecular complexity index is 1890. The van der Waals surface area contributed by atoms with Gasteiger partial charge in [0, 0.05) is 23.5 Å². The minimum Gasteiger partial charge on any atom is -0.497 e. The van der Waals surface area contributed by atoms with Crippen molar-refractivity contribution in [2.45, 2.75) is 55.4 Å². The van der Waals surface area contributed by atoms with Gasteiger partial charge in [-0.05, 0) is 120 Å².